The molecule has 8 nitrogen and oxygen atoms in total. The highest BCUT2D eigenvalue weighted by molar-refractivity contribution is 5.84. The van der Waals surface area contributed by atoms with Crippen LogP contribution in [0.2, 0.25) is 0 Å². The second-order valence-electron chi connectivity index (χ2n) is 5.14. The third kappa shape index (κ3) is 3.16. The van der Waals surface area contributed by atoms with Crippen molar-refractivity contribution in [2.45, 2.75) is 5.91 Å². The number of nitrogens with one attached hydrogen (secondary N) is 3. The molecular weight excluding hydrogens is 280 g/mol. The van der Waals surface area contributed by atoms with Gasteiger partial charge >= 0.3 is 0 Å². The van der Waals surface area contributed by atoms with Crippen LogP contribution in [0.1, 0.15) is 0 Å². The Balaban J connectivity index is 1.65. The minimum atomic E-state index is -1.19. The second kappa shape index (κ2) is 6.01. The number of aromatic nitrogens is 1. The van der Waals surface area contributed by atoms with Gasteiger partial charge in [-0.2, -0.15) is 5.26 Å². The maximum atomic E-state index is 8.77. The van der Waals surface area contributed by atoms with Crippen LogP contribution in [0.5, 0.6) is 0 Å². The number of piperazine rings is 1. The topological polar surface area (TPSA) is 114 Å². The van der Waals surface area contributed by atoms with Crippen LogP contribution in [-0.4, -0.2) is 43.3 Å². The average molecular weight is 298 g/mol. The van der Waals surface area contributed by atoms with E-state index in [2.05, 4.69) is 30.8 Å². The van der Waals surface area contributed by atoms with E-state index in [0.29, 0.717) is 11.4 Å². The van der Waals surface area contributed by atoms with Crippen LogP contribution >= 0.6 is 0 Å². The summed E-state index contributed by atoms with van der Waals surface area (Å²) in [5.41, 5.74) is 7.57. The van der Waals surface area contributed by atoms with E-state index in [0.717, 1.165) is 31.9 Å². The van der Waals surface area contributed by atoms with Crippen molar-refractivity contribution < 1.29 is 0 Å². The first-order valence-electron chi connectivity index (χ1n) is 7.10. The monoisotopic (exact) mass is 298 g/mol. The molecule has 1 fully saturated rings. The number of rotatable bonds is 3. The van der Waals surface area contributed by atoms with Crippen LogP contribution in [0.25, 0.3) is 0 Å². The van der Waals surface area contributed by atoms with Crippen molar-refractivity contribution in [3.63, 3.8) is 0 Å². The quantitative estimate of drug-likeness (QED) is 0.559. The summed E-state index contributed by atoms with van der Waals surface area (Å²) in [6, 6.07) is 5.86. The smallest absolute Gasteiger partial charge is 0.264 e. The van der Waals surface area contributed by atoms with Crippen LogP contribution < -0.4 is 26.6 Å². The number of aliphatic imine (C=N–C) groups is 1. The van der Waals surface area contributed by atoms with Gasteiger partial charge in [-0.3, -0.25) is 5.73 Å². The first-order chi connectivity index (χ1) is 10.7. The summed E-state index contributed by atoms with van der Waals surface area (Å²) in [7, 11) is 0. The minimum absolute atomic E-state index is 0.421. The van der Waals surface area contributed by atoms with Crippen LogP contribution in [0.3, 0.4) is 0 Å². The zero-order valence-corrected chi connectivity index (χ0v) is 12.1. The van der Waals surface area contributed by atoms with Crippen molar-refractivity contribution in [2.24, 2.45) is 10.7 Å². The van der Waals surface area contributed by atoms with E-state index in [4.69, 9.17) is 11.0 Å². The van der Waals surface area contributed by atoms with Crippen molar-refractivity contribution in [3.8, 4) is 6.07 Å². The summed E-state index contributed by atoms with van der Waals surface area (Å²) in [6.07, 6.45) is 4.77. The molecule has 0 aromatic carbocycles. The molecule has 1 aromatic heterocycles. The average Bonchev–Trinajstić information content (AvgIpc) is 2.57. The van der Waals surface area contributed by atoms with Crippen molar-refractivity contribution in [3.05, 3.63) is 30.1 Å². The predicted octanol–water partition coefficient (Wildman–Crippen LogP) is -0.445. The van der Waals surface area contributed by atoms with Crippen molar-refractivity contribution in [1.82, 2.24) is 15.6 Å². The van der Waals surface area contributed by atoms with Gasteiger partial charge in [-0.25, -0.2) is 9.98 Å². The maximum absolute atomic E-state index is 8.77. The Morgan fingerprint density at radius 1 is 1.36 bits per heavy atom. The molecule has 2 aliphatic rings. The summed E-state index contributed by atoms with van der Waals surface area (Å²) in [4.78, 5) is 10.8. The lowest BCUT2D eigenvalue weighted by Gasteiger charge is -2.30. The van der Waals surface area contributed by atoms with Gasteiger partial charge in [-0.1, -0.05) is 0 Å². The summed E-state index contributed by atoms with van der Waals surface area (Å²) in [6.45, 7) is 3.92. The SMILES string of the molecule is N#CC1=CNC(N)(Nc2ccc(N3CCNCC3)cn2)N=C1. The second-order valence-corrected chi connectivity index (χ2v) is 5.14. The van der Waals surface area contributed by atoms with Gasteiger partial charge in [0.2, 0.25) is 0 Å². The molecule has 1 unspecified atom stereocenters. The molecule has 22 heavy (non-hydrogen) atoms. The number of nitriles is 1. The molecule has 1 saturated heterocycles. The molecule has 0 amide bonds. The largest absolute Gasteiger partial charge is 0.368 e. The Bertz CT molecular complexity index is 623. The maximum Gasteiger partial charge on any atom is 0.264 e. The molecule has 5 N–H and O–H groups in total. The van der Waals surface area contributed by atoms with Gasteiger partial charge in [0.25, 0.3) is 5.91 Å². The van der Waals surface area contributed by atoms with Crippen LogP contribution in [0.4, 0.5) is 11.5 Å². The first-order valence-corrected chi connectivity index (χ1v) is 7.10. The van der Waals surface area contributed by atoms with Crippen LogP contribution in [0.15, 0.2) is 35.1 Å². The third-order valence-corrected chi connectivity index (χ3v) is 3.53. The fourth-order valence-corrected chi connectivity index (χ4v) is 2.33. The first kappa shape index (κ1) is 14.3. The number of allylic oxidation sites excluding steroid dienone is 1. The lowest BCUT2D eigenvalue weighted by molar-refractivity contribution is 0.451. The summed E-state index contributed by atoms with van der Waals surface area (Å²) >= 11 is 0. The molecule has 3 heterocycles. The number of pyridine rings is 1. The number of hydrogen-bond donors (Lipinski definition) is 4. The van der Waals surface area contributed by atoms with E-state index >= 15 is 0 Å². The Morgan fingerprint density at radius 2 is 2.18 bits per heavy atom. The van der Waals surface area contributed by atoms with Gasteiger partial charge in [0.1, 0.15) is 11.9 Å². The van der Waals surface area contributed by atoms with E-state index in [1.54, 1.807) is 0 Å². The molecule has 8 heteroatoms. The lowest BCUT2D eigenvalue weighted by atomic mass is 10.3. The summed E-state index contributed by atoms with van der Waals surface area (Å²) in [5.74, 6) is -0.580. The third-order valence-electron chi connectivity index (χ3n) is 3.53. The Morgan fingerprint density at radius 3 is 2.77 bits per heavy atom. The van der Waals surface area contributed by atoms with E-state index in [-0.39, 0.29) is 0 Å². The Hall–Kier alpha value is -2.63. The number of hydrogen-bond acceptors (Lipinski definition) is 8. The predicted molar refractivity (Wildman–Crippen MR) is 85.2 cm³/mol. The molecule has 1 atom stereocenters. The number of nitrogens with two attached hydrogens (primary N) is 1. The molecule has 114 valence electrons. The molecule has 0 bridgehead atoms. The minimum Gasteiger partial charge on any atom is -0.368 e. The fraction of sp³-hybridized carbons (Fsp3) is 0.357. The zero-order valence-electron chi connectivity index (χ0n) is 12.1. The van der Waals surface area contributed by atoms with Crippen molar-refractivity contribution in [1.29, 1.82) is 5.26 Å². The summed E-state index contributed by atoms with van der Waals surface area (Å²) in [5, 5.41) is 17.9. The van der Waals surface area contributed by atoms with Gasteiger partial charge in [0, 0.05) is 38.6 Å². The van der Waals surface area contributed by atoms with E-state index in [1.807, 2.05) is 24.4 Å². The van der Waals surface area contributed by atoms with Crippen molar-refractivity contribution in [2.75, 3.05) is 36.4 Å². The standard InChI is InChI=1S/C14H18N8/c15-7-11-8-19-14(16,20-9-11)21-13-2-1-12(10-18-13)22-5-3-17-4-6-22/h1-2,8-10,17,19H,3-6,16H2,(H,18,21). The van der Waals surface area contributed by atoms with Gasteiger partial charge < -0.3 is 20.9 Å². The van der Waals surface area contributed by atoms with Crippen LogP contribution in [0, 0.1) is 11.3 Å². The van der Waals surface area contributed by atoms with Crippen molar-refractivity contribution >= 4 is 17.7 Å². The number of anilines is 2. The van der Waals surface area contributed by atoms with Crippen LogP contribution in [-0.2, 0) is 0 Å². The fourth-order valence-electron chi connectivity index (χ4n) is 2.33. The van der Waals surface area contributed by atoms with Gasteiger partial charge in [0.05, 0.1) is 17.5 Å². The van der Waals surface area contributed by atoms with Gasteiger partial charge in [0.15, 0.2) is 0 Å². The molecular formula is C14H18N8. The molecule has 0 spiro atoms. The molecule has 2 aliphatic heterocycles. The van der Waals surface area contributed by atoms with E-state index in [9.17, 15) is 0 Å². The lowest BCUT2D eigenvalue weighted by Crippen LogP contribution is -2.57. The molecule has 1 aromatic rings. The molecule has 0 saturated carbocycles. The summed E-state index contributed by atoms with van der Waals surface area (Å²) < 4.78 is 0. The highest BCUT2D eigenvalue weighted by Crippen LogP contribution is 2.17. The highest BCUT2D eigenvalue weighted by atomic mass is 15.4. The Kier molecular flexibility index (Phi) is 3.91. The van der Waals surface area contributed by atoms with E-state index in [1.165, 1.54) is 12.4 Å². The molecule has 3 rings (SSSR count). The highest BCUT2D eigenvalue weighted by Gasteiger charge is 2.24. The number of nitrogens with zero attached hydrogens (tertiary/aromatic N) is 4. The van der Waals surface area contributed by atoms with E-state index < -0.39 is 5.91 Å². The van der Waals surface area contributed by atoms with Gasteiger partial charge in [-0.05, 0) is 12.1 Å². The normalized spacial score (nSPS) is 24.2. The molecule has 0 radical (unpaired) electrons. The molecule has 0 aliphatic carbocycles. The Labute approximate surface area is 128 Å². The zero-order chi connectivity index (χ0) is 15.4. The van der Waals surface area contributed by atoms with Gasteiger partial charge in [-0.15, -0.1) is 0 Å².